The number of amides is 1. The molecule has 0 bridgehead atoms. The van der Waals surface area contributed by atoms with Crippen LogP contribution in [0, 0.1) is 0 Å². The van der Waals surface area contributed by atoms with Gasteiger partial charge in [-0.25, -0.2) is 0 Å². The number of benzene rings is 1. The highest BCUT2D eigenvalue weighted by Crippen LogP contribution is 2.54. The van der Waals surface area contributed by atoms with E-state index in [-0.39, 0.29) is 24.6 Å². The third-order valence-electron chi connectivity index (χ3n) is 3.87. The summed E-state index contributed by atoms with van der Waals surface area (Å²) in [5, 5.41) is 2.76. The monoisotopic (exact) mass is 366 g/mol. The summed E-state index contributed by atoms with van der Waals surface area (Å²) in [4.78, 5) is 14.6. The number of rotatable bonds is 8. The zero-order chi connectivity index (χ0) is 18.1. The Labute approximate surface area is 149 Å². The first-order valence-electron chi connectivity index (χ1n) is 8.81. The maximum Gasteiger partial charge on any atom is 0.378 e. The van der Waals surface area contributed by atoms with Crippen molar-refractivity contribution in [1.29, 1.82) is 0 Å². The molecular formula is C18H27N2O4P. The van der Waals surface area contributed by atoms with Gasteiger partial charge in [-0.15, -0.1) is 0 Å². The van der Waals surface area contributed by atoms with Gasteiger partial charge in [-0.3, -0.25) is 9.36 Å². The highest BCUT2D eigenvalue weighted by Gasteiger charge is 2.32. The van der Waals surface area contributed by atoms with E-state index in [4.69, 9.17) is 9.05 Å². The Morgan fingerprint density at radius 2 is 1.72 bits per heavy atom. The molecule has 1 N–H and O–H groups in total. The average molecular weight is 366 g/mol. The van der Waals surface area contributed by atoms with E-state index < -0.39 is 7.60 Å². The Morgan fingerprint density at radius 1 is 1.12 bits per heavy atom. The van der Waals surface area contributed by atoms with Gasteiger partial charge in [-0.2, -0.15) is 0 Å². The van der Waals surface area contributed by atoms with Crippen LogP contribution in [0.1, 0.15) is 43.5 Å². The normalized spacial score (nSPS) is 15.9. The number of carbonyl (C=O) groups excluding carboxylic acids is 1. The minimum absolute atomic E-state index is 0.201. The Morgan fingerprint density at radius 3 is 2.28 bits per heavy atom. The molecule has 6 nitrogen and oxygen atoms in total. The van der Waals surface area contributed by atoms with E-state index in [9.17, 15) is 9.36 Å². The zero-order valence-electron chi connectivity index (χ0n) is 14.9. The molecule has 1 aliphatic rings. The fourth-order valence-electron chi connectivity index (χ4n) is 2.69. The van der Waals surface area contributed by atoms with Gasteiger partial charge in [-0.1, -0.05) is 18.2 Å². The quantitative estimate of drug-likeness (QED) is 0.705. The third-order valence-corrected chi connectivity index (χ3v) is 5.88. The van der Waals surface area contributed by atoms with E-state index in [0.717, 1.165) is 25.9 Å². The molecule has 0 saturated carbocycles. The van der Waals surface area contributed by atoms with Crippen LogP contribution in [-0.2, 0) is 13.6 Å². The minimum Gasteiger partial charge on any atom is -0.375 e. The molecular weight excluding hydrogens is 339 g/mol. The molecule has 0 atom stereocenters. The number of likely N-dealkylation sites (tertiary alicyclic amines) is 1. The predicted octanol–water partition coefficient (Wildman–Crippen LogP) is 3.97. The number of piperidine rings is 1. The van der Waals surface area contributed by atoms with Gasteiger partial charge < -0.3 is 19.3 Å². The van der Waals surface area contributed by atoms with E-state index >= 15 is 0 Å². The molecule has 1 aromatic carbocycles. The molecule has 0 unspecified atom stereocenters. The number of hydrogen-bond donors (Lipinski definition) is 1. The summed E-state index contributed by atoms with van der Waals surface area (Å²) in [5.74, 6) is -0.330. The molecule has 2 rings (SSSR count). The topological polar surface area (TPSA) is 67.9 Å². The van der Waals surface area contributed by atoms with Gasteiger partial charge in [-0.05, 0) is 45.2 Å². The second-order valence-corrected chi connectivity index (χ2v) is 7.76. The van der Waals surface area contributed by atoms with Gasteiger partial charge in [0.1, 0.15) is 5.44 Å². The number of nitrogens with zero attached hydrogens (tertiary/aromatic N) is 1. The molecule has 138 valence electrons. The number of nitrogens with one attached hydrogen (secondary N) is 1. The van der Waals surface area contributed by atoms with Crippen LogP contribution in [0.5, 0.6) is 0 Å². The first-order chi connectivity index (χ1) is 12.1. The molecule has 0 radical (unpaired) electrons. The van der Waals surface area contributed by atoms with Crippen LogP contribution in [0.15, 0.2) is 42.0 Å². The molecule has 0 spiro atoms. The summed E-state index contributed by atoms with van der Waals surface area (Å²) in [7, 11) is -3.58. The lowest BCUT2D eigenvalue weighted by atomic mass is 10.1. The first kappa shape index (κ1) is 19.7. The van der Waals surface area contributed by atoms with Crippen molar-refractivity contribution in [2.75, 3.05) is 26.3 Å². The van der Waals surface area contributed by atoms with Crippen LogP contribution < -0.4 is 5.32 Å². The van der Waals surface area contributed by atoms with Gasteiger partial charge in [0.15, 0.2) is 0 Å². The summed E-state index contributed by atoms with van der Waals surface area (Å²) in [6, 6.07) is 8.83. The Hall–Kier alpha value is -1.62. The second-order valence-electron chi connectivity index (χ2n) is 5.76. The standard InChI is InChI=1S/C18H27N2O4P/c1-3-23-25(22,24-4-2)17(15-20-13-9-6-10-14-20)19-18(21)16-11-7-5-8-12-16/h5,7-8,11-12,15H,3-4,6,9-10,13-14H2,1-2H3,(H,19,21). The lowest BCUT2D eigenvalue weighted by Crippen LogP contribution is -2.29. The van der Waals surface area contributed by atoms with E-state index in [1.54, 1.807) is 44.3 Å². The number of hydrogen-bond acceptors (Lipinski definition) is 5. The molecule has 1 aliphatic heterocycles. The molecule has 7 heteroatoms. The van der Waals surface area contributed by atoms with E-state index in [0.29, 0.717) is 5.56 Å². The smallest absolute Gasteiger partial charge is 0.375 e. The van der Waals surface area contributed by atoms with E-state index in [2.05, 4.69) is 10.2 Å². The predicted molar refractivity (Wildman–Crippen MR) is 98.3 cm³/mol. The van der Waals surface area contributed by atoms with Crippen LogP contribution in [0.3, 0.4) is 0 Å². The van der Waals surface area contributed by atoms with E-state index in [1.807, 2.05) is 6.07 Å². The van der Waals surface area contributed by atoms with Crippen molar-refractivity contribution in [3.63, 3.8) is 0 Å². The van der Waals surface area contributed by atoms with Crippen molar-refractivity contribution in [3.8, 4) is 0 Å². The van der Waals surface area contributed by atoms with Crippen molar-refractivity contribution in [2.45, 2.75) is 33.1 Å². The Balaban J connectivity index is 2.28. The minimum atomic E-state index is -3.58. The van der Waals surface area contributed by atoms with Crippen molar-refractivity contribution < 1.29 is 18.4 Å². The van der Waals surface area contributed by atoms with Crippen molar-refractivity contribution in [3.05, 3.63) is 47.5 Å². The lowest BCUT2D eigenvalue weighted by Gasteiger charge is -2.28. The first-order valence-corrected chi connectivity index (χ1v) is 10.3. The van der Waals surface area contributed by atoms with Crippen LogP contribution in [0.25, 0.3) is 0 Å². The molecule has 1 saturated heterocycles. The van der Waals surface area contributed by atoms with Gasteiger partial charge in [0, 0.05) is 24.9 Å². The molecule has 1 heterocycles. The molecule has 25 heavy (non-hydrogen) atoms. The lowest BCUT2D eigenvalue weighted by molar-refractivity contribution is 0.0963. The molecule has 1 aromatic rings. The van der Waals surface area contributed by atoms with Gasteiger partial charge >= 0.3 is 7.60 Å². The Kier molecular flexibility index (Phi) is 7.69. The van der Waals surface area contributed by atoms with Crippen LogP contribution >= 0.6 is 7.60 Å². The molecule has 0 aliphatic carbocycles. The van der Waals surface area contributed by atoms with Crippen molar-refractivity contribution in [2.24, 2.45) is 0 Å². The van der Waals surface area contributed by atoms with Crippen LogP contribution in [0.2, 0.25) is 0 Å². The van der Waals surface area contributed by atoms with Crippen molar-refractivity contribution >= 4 is 13.5 Å². The summed E-state index contributed by atoms with van der Waals surface area (Å²) in [6.45, 7) is 5.70. The highest BCUT2D eigenvalue weighted by molar-refractivity contribution is 7.58. The fourth-order valence-corrected chi connectivity index (χ4v) is 4.26. The highest BCUT2D eigenvalue weighted by atomic mass is 31.2. The van der Waals surface area contributed by atoms with Gasteiger partial charge in [0.2, 0.25) is 0 Å². The SMILES string of the molecule is CCOP(=O)(OCC)C(=CN1CCCCC1)NC(=O)c1ccccc1. The molecule has 0 aromatic heterocycles. The van der Waals surface area contributed by atoms with Gasteiger partial charge in [0.05, 0.1) is 13.2 Å². The van der Waals surface area contributed by atoms with Crippen molar-refractivity contribution in [1.82, 2.24) is 10.2 Å². The Bertz CT molecular complexity index is 617. The zero-order valence-corrected chi connectivity index (χ0v) is 15.8. The fraction of sp³-hybridized carbons (Fsp3) is 0.500. The number of carbonyl (C=O) groups is 1. The summed E-state index contributed by atoms with van der Waals surface area (Å²) in [5.41, 5.74) is 0.693. The average Bonchev–Trinajstić information content (AvgIpc) is 2.63. The molecule has 1 amide bonds. The maximum absolute atomic E-state index is 13.2. The summed E-state index contributed by atoms with van der Waals surface area (Å²) < 4.78 is 24.1. The molecule has 1 fully saturated rings. The largest absolute Gasteiger partial charge is 0.378 e. The third kappa shape index (κ3) is 5.70. The van der Waals surface area contributed by atoms with Gasteiger partial charge in [0.25, 0.3) is 5.91 Å². The maximum atomic E-state index is 13.2. The van der Waals surface area contributed by atoms with E-state index in [1.165, 1.54) is 6.42 Å². The second kappa shape index (κ2) is 9.76. The summed E-state index contributed by atoms with van der Waals surface area (Å²) >= 11 is 0. The summed E-state index contributed by atoms with van der Waals surface area (Å²) in [6.07, 6.45) is 5.06. The van der Waals surface area contributed by atoms with Crippen LogP contribution in [-0.4, -0.2) is 37.1 Å². The van der Waals surface area contributed by atoms with Crippen LogP contribution in [0.4, 0.5) is 0 Å².